The molecule has 0 unspecified atom stereocenters. The molecular weight excluding hydrogens is 347 g/mol. The fraction of sp³-hybridized carbons (Fsp3) is 0.500. The number of hydrogen-bond acceptors (Lipinski definition) is 5. The minimum absolute atomic E-state index is 0.0689. The summed E-state index contributed by atoms with van der Waals surface area (Å²) in [6.07, 6.45) is 7.55. The third-order valence-corrected chi connectivity index (χ3v) is 5.12. The smallest absolute Gasteiger partial charge is 0.222 e. The standard InChI is InChI=1S/C20H23FN4O2/c1-3-4-8-20(22-23-20)9-7-19(27)25-12-10-24(11-13-25)18-6-5-16(15(2)26)14-17(18)21/h1,5-6,14H,4,7-13H2,2H3. The maximum absolute atomic E-state index is 14.3. The Morgan fingerprint density at radius 3 is 2.48 bits per heavy atom. The molecule has 0 radical (unpaired) electrons. The van der Waals surface area contributed by atoms with Gasteiger partial charge in [-0.25, -0.2) is 4.39 Å². The summed E-state index contributed by atoms with van der Waals surface area (Å²) in [6.45, 7) is 3.60. The molecule has 1 aromatic carbocycles. The Kier molecular flexibility index (Phi) is 5.54. The number of anilines is 1. The molecule has 7 heteroatoms. The highest BCUT2D eigenvalue weighted by atomic mass is 19.1. The first-order valence-electron chi connectivity index (χ1n) is 9.15. The second-order valence-corrected chi connectivity index (χ2v) is 6.98. The van der Waals surface area contributed by atoms with Crippen LogP contribution >= 0.6 is 0 Å². The SMILES string of the molecule is C#CCCC1(CCC(=O)N2CCN(c3ccc(C(C)=O)cc3F)CC2)N=N1. The predicted octanol–water partition coefficient (Wildman–Crippen LogP) is 3.03. The Hall–Kier alpha value is -2.75. The van der Waals surface area contributed by atoms with Gasteiger partial charge in [0.25, 0.3) is 0 Å². The number of benzene rings is 1. The second kappa shape index (κ2) is 7.87. The first-order valence-corrected chi connectivity index (χ1v) is 9.15. The van der Waals surface area contributed by atoms with Crippen LogP contribution in [0.5, 0.6) is 0 Å². The van der Waals surface area contributed by atoms with Crippen molar-refractivity contribution in [1.82, 2.24) is 4.90 Å². The molecule has 2 aliphatic rings. The van der Waals surface area contributed by atoms with Crippen LogP contribution in [0.1, 0.15) is 43.0 Å². The van der Waals surface area contributed by atoms with E-state index >= 15 is 0 Å². The van der Waals surface area contributed by atoms with Gasteiger partial charge in [-0.05, 0) is 25.1 Å². The molecule has 0 aromatic heterocycles. The van der Waals surface area contributed by atoms with Gasteiger partial charge in [0.05, 0.1) is 5.69 Å². The molecule has 2 heterocycles. The number of halogens is 1. The number of carbonyl (C=O) groups is 2. The van der Waals surface area contributed by atoms with E-state index in [4.69, 9.17) is 6.42 Å². The predicted molar refractivity (Wildman–Crippen MR) is 100 cm³/mol. The van der Waals surface area contributed by atoms with Crippen molar-refractivity contribution in [2.24, 2.45) is 10.2 Å². The molecule has 27 heavy (non-hydrogen) atoms. The highest BCUT2D eigenvalue weighted by molar-refractivity contribution is 5.94. The number of nitrogens with zero attached hydrogens (tertiary/aromatic N) is 4. The average molecular weight is 370 g/mol. The van der Waals surface area contributed by atoms with Gasteiger partial charge in [0.2, 0.25) is 5.91 Å². The van der Waals surface area contributed by atoms with E-state index < -0.39 is 11.5 Å². The molecule has 0 bridgehead atoms. The molecule has 142 valence electrons. The molecule has 0 aliphatic carbocycles. The van der Waals surface area contributed by atoms with Crippen molar-refractivity contribution in [3.8, 4) is 12.3 Å². The van der Waals surface area contributed by atoms with Crippen LogP contribution < -0.4 is 4.90 Å². The molecule has 1 amide bonds. The van der Waals surface area contributed by atoms with Gasteiger partial charge in [0, 0.05) is 57.4 Å². The van der Waals surface area contributed by atoms with E-state index in [1.807, 2.05) is 4.90 Å². The number of amides is 1. The van der Waals surface area contributed by atoms with E-state index in [9.17, 15) is 14.0 Å². The average Bonchev–Trinajstić information content (AvgIpc) is 3.45. The fourth-order valence-electron chi connectivity index (χ4n) is 3.31. The van der Waals surface area contributed by atoms with Crippen molar-refractivity contribution < 1.29 is 14.0 Å². The van der Waals surface area contributed by atoms with E-state index in [1.165, 1.54) is 13.0 Å². The second-order valence-electron chi connectivity index (χ2n) is 6.98. The lowest BCUT2D eigenvalue weighted by atomic mass is 10.0. The van der Waals surface area contributed by atoms with Gasteiger partial charge in [-0.3, -0.25) is 9.59 Å². The third kappa shape index (κ3) is 4.51. The topological polar surface area (TPSA) is 65.3 Å². The number of carbonyl (C=O) groups excluding carboxylic acids is 2. The fourth-order valence-corrected chi connectivity index (χ4v) is 3.31. The number of rotatable bonds is 7. The molecule has 0 saturated carbocycles. The molecule has 0 atom stereocenters. The first kappa shape index (κ1) is 19.0. The summed E-state index contributed by atoms with van der Waals surface area (Å²) >= 11 is 0. The van der Waals surface area contributed by atoms with Crippen molar-refractivity contribution >= 4 is 17.4 Å². The number of terminal acetylenes is 1. The van der Waals surface area contributed by atoms with Gasteiger partial charge < -0.3 is 9.80 Å². The molecule has 0 spiro atoms. The van der Waals surface area contributed by atoms with Gasteiger partial charge in [0.1, 0.15) is 5.82 Å². The van der Waals surface area contributed by atoms with Crippen molar-refractivity contribution in [2.75, 3.05) is 31.1 Å². The van der Waals surface area contributed by atoms with E-state index in [0.29, 0.717) is 63.1 Å². The van der Waals surface area contributed by atoms with Crippen LogP contribution in [0.25, 0.3) is 0 Å². The van der Waals surface area contributed by atoms with Gasteiger partial charge >= 0.3 is 0 Å². The van der Waals surface area contributed by atoms with E-state index in [1.54, 1.807) is 17.0 Å². The summed E-state index contributed by atoms with van der Waals surface area (Å²) in [4.78, 5) is 27.5. The van der Waals surface area contributed by atoms with Crippen molar-refractivity contribution in [2.45, 2.75) is 38.3 Å². The lowest BCUT2D eigenvalue weighted by Gasteiger charge is -2.36. The number of ketones is 1. The van der Waals surface area contributed by atoms with Crippen LogP contribution in [0, 0.1) is 18.2 Å². The monoisotopic (exact) mass is 370 g/mol. The highest BCUT2D eigenvalue weighted by Crippen LogP contribution is 2.37. The summed E-state index contributed by atoms with van der Waals surface area (Å²) in [7, 11) is 0. The van der Waals surface area contributed by atoms with E-state index in [-0.39, 0.29) is 11.7 Å². The normalized spacial score (nSPS) is 17.5. The maximum Gasteiger partial charge on any atom is 0.222 e. The Labute approximate surface area is 158 Å². The summed E-state index contributed by atoms with van der Waals surface area (Å²) in [5.74, 6) is 2.08. The number of Topliss-reactive ketones (excluding diaryl/α,β-unsaturated/α-hetero) is 1. The third-order valence-electron chi connectivity index (χ3n) is 5.12. The van der Waals surface area contributed by atoms with Crippen LogP contribution in [-0.2, 0) is 4.79 Å². The largest absolute Gasteiger partial charge is 0.366 e. The van der Waals surface area contributed by atoms with Crippen molar-refractivity contribution in [1.29, 1.82) is 0 Å². The zero-order chi connectivity index (χ0) is 19.4. The van der Waals surface area contributed by atoms with Crippen molar-refractivity contribution in [3.05, 3.63) is 29.6 Å². The minimum Gasteiger partial charge on any atom is -0.366 e. The lowest BCUT2D eigenvalue weighted by Crippen LogP contribution is -2.49. The Morgan fingerprint density at radius 2 is 1.93 bits per heavy atom. The lowest BCUT2D eigenvalue weighted by molar-refractivity contribution is -0.131. The van der Waals surface area contributed by atoms with Gasteiger partial charge in [-0.1, -0.05) is 0 Å². The first-order chi connectivity index (χ1) is 12.9. The summed E-state index contributed by atoms with van der Waals surface area (Å²) in [6, 6.07) is 4.54. The highest BCUT2D eigenvalue weighted by Gasteiger charge is 2.39. The molecule has 1 aromatic rings. The van der Waals surface area contributed by atoms with E-state index in [2.05, 4.69) is 16.1 Å². The van der Waals surface area contributed by atoms with Crippen LogP contribution in [0.15, 0.2) is 28.4 Å². The van der Waals surface area contributed by atoms with Crippen molar-refractivity contribution in [3.63, 3.8) is 0 Å². The Bertz CT molecular complexity index is 801. The molecule has 0 N–H and O–H groups in total. The van der Waals surface area contributed by atoms with Crippen LogP contribution in [0.3, 0.4) is 0 Å². The van der Waals surface area contributed by atoms with E-state index in [0.717, 1.165) is 0 Å². The van der Waals surface area contributed by atoms with Crippen LogP contribution in [0.4, 0.5) is 10.1 Å². The summed E-state index contributed by atoms with van der Waals surface area (Å²) in [5, 5.41) is 8.11. The van der Waals surface area contributed by atoms with Gasteiger partial charge in [0.15, 0.2) is 11.4 Å². The van der Waals surface area contributed by atoms with Crippen LogP contribution in [0.2, 0.25) is 0 Å². The molecule has 2 aliphatic heterocycles. The van der Waals surface area contributed by atoms with Gasteiger partial charge in [-0.2, -0.15) is 10.2 Å². The quantitative estimate of drug-likeness (QED) is 0.547. The number of hydrogen-bond donors (Lipinski definition) is 0. The zero-order valence-corrected chi connectivity index (χ0v) is 15.4. The zero-order valence-electron chi connectivity index (χ0n) is 15.4. The Morgan fingerprint density at radius 1 is 1.22 bits per heavy atom. The minimum atomic E-state index is -0.439. The maximum atomic E-state index is 14.3. The molecule has 1 fully saturated rings. The molecule has 6 nitrogen and oxygen atoms in total. The Balaban J connectivity index is 1.49. The molecular formula is C20H23FN4O2. The molecule has 1 saturated heterocycles. The summed E-state index contributed by atoms with van der Waals surface area (Å²) < 4.78 is 14.3. The number of piperazine rings is 1. The van der Waals surface area contributed by atoms with Gasteiger partial charge in [-0.15, -0.1) is 12.3 Å². The molecule has 3 rings (SSSR count). The summed E-state index contributed by atoms with van der Waals surface area (Å²) in [5.41, 5.74) is 0.390. The van der Waals surface area contributed by atoms with Crippen LogP contribution in [-0.4, -0.2) is 48.4 Å².